The normalized spacial score (nSPS) is 9.62. The van der Waals surface area contributed by atoms with Crippen LogP contribution in [0.4, 0.5) is 10.1 Å². The Morgan fingerprint density at radius 2 is 2.62 bits per heavy atom. The van der Waals surface area contributed by atoms with Crippen LogP contribution in [0.3, 0.4) is 0 Å². The third kappa shape index (κ3) is 0.641. The van der Waals surface area contributed by atoms with Crippen LogP contribution in [0.25, 0.3) is 0 Å². The smallest absolute Gasteiger partial charge is 0.133 e. The van der Waals surface area contributed by atoms with Gasteiger partial charge in [0.05, 0.1) is 17.6 Å². The van der Waals surface area contributed by atoms with Crippen LogP contribution in [-0.2, 0) is 6.67 Å². The Labute approximate surface area is 45.7 Å². The number of alkyl halides is 1. The number of rotatable bonds is 1. The first-order valence-electron chi connectivity index (χ1n) is 2.18. The number of aromatic nitrogens is 2. The van der Waals surface area contributed by atoms with Crippen molar-refractivity contribution in [2.75, 3.05) is 5.73 Å². The van der Waals surface area contributed by atoms with Gasteiger partial charge in [0, 0.05) is 0 Å². The summed E-state index contributed by atoms with van der Waals surface area (Å²) in [6.45, 7) is -0.578. The molecule has 1 aromatic rings. The maximum Gasteiger partial charge on any atom is 0.133 e. The van der Waals surface area contributed by atoms with Crippen LogP contribution >= 0.6 is 0 Å². The van der Waals surface area contributed by atoms with Gasteiger partial charge in [0.1, 0.15) is 6.67 Å². The molecule has 1 rings (SSSR count). The quantitative estimate of drug-likeness (QED) is 0.558. The second kappa shape index (κ2) is 1.81. The van der Waals surface area contributed by atoms with Gasteiger partial charge in [0.15, 0.2) is 0 Å². The number of aromatic amines is 1. The summed E-state index contributed by atoms with van der Waals surface area (Å²) >= 11 is 0. The summed E-state index contributed by atoms with van der Waals surface area (Å²) < 4.78 is 11.7. The van der Waals surface area contributed by atoms with Gasteiger partial charge in [-0.1, -0.05) is 0 Å². The van der Waals surface area contributed by atoms with Crippen molar-refractivity contribution in [1.29, 1.82) is 0 Å². The maximum absolute atomic E-state index is 11.7. The first-order valence-corrected chi connectivity index (χ1v) is 2.18. The van der Waals surface area contributed by atoms with Gasteiger partial charge in [-0.15, -0.1) is 0 Å². The van der Waals surface area contributed by atoms with Gasteiger partial charge in [-0.2, -0.15) is 5.10 Å². The number of nitrogens with one attached hydrogen (secondary N) is 1. The summed E-state index contributed by atoms with van der Waals surface area (Å²) in [4.78, 5) is 0. The van der Waals surface area contributed by atoms with E-state index >= 15 is 0 Å². The minimum atomic E-state index is -0.578. The fourth-order valence-electron chi connectivity index (χ4n) is 0.429. The molecule has 0 aliphatic rings. The van der Waals surface area contributed by atoms with Gasteiger partial charge in [0.2, 0.25) is 0 Å². The van der Waals surface area contributed by atoms with E-state index in [4.69, 9.17) is 5.73 Å². The molecule has 0 spiro atoms. The molecule has 1 aromatic heterocycles. The van der Waals surface area contributed by atoms with Gasteiger partial charge in [-0.05, 0) is 0 Å². The van der Waals surface area contributed by atoms with Crippen molar-refractivity contribution in [3.8, 4) is 0 Å². The summed E-state index contributed by atoms with van der Waals surface area (Å²) in [5.41, 5.74) is 5.95. The zero-order valence-electron chi connectivity index (χ0n) is 4.19. The Kier molecular flexibility index (Phi) is 1.15. The molecule has 0 unspecified atom stereocenters. The molecule has 44 valence electrons. The lowest BCUT2D eigenvalue weighted by Gasteiger charge is -1.84. The second-order valence-corrected chi connectivity index (χ2v) is 1.44. The van der Waals surface area contributed by atoms with Crippen molar-refractivity contribution in [1.82, 2.24) is 10.2 Å². The summed E-state index contributed by atoms with van der Waals surface area (Å²) in [6.07, 6.45) is 1.38. The lowest BCUT2D eigenvalue weighted by molar-refractivity contribution is 0.476. The van der Waals surface area contributed by atoms with E-state index in [2.05, 4.69) is 10.2 Å². The van der Waals surface area contributed by atoms with Gasteiger partial charge in [-0.3, -0.25) is 5.10 Å². The van der Waals surface area contributed by atoms with Crippen LogP contribution in [0.1, 0.15) is 5.69 Å². The molecule has 0 aliphatic heterocycles. The molecule has 3 nitrogen and oxygen atoms in total. The molecule has 3 N–H and O–H groups in total. The second-order valence-electron chi connectivity index (χ2n) is 1.44. The van der Waals surface area contributed by atoms with E-state index in [0.717, 1.165) is 0 Å². The highest BCUT2D eigenvalue weighted by Crippen LogP contribution is 2.05. The molecule has 0 fully saturated rings. The molecule has 0 bridgehead atoms. The number of nitrogens with two attached hydrogens (primary N) is 1. The molecule has 4 heteroatoms. The number of nitrogen functional groups attached to an aromatic ring is 1. The number of H-pyrrole nitrogens is 1. The van der Waals surface area contributed by atoms with E-state index in [1.165, 1.54) is 6.20 Å². The predicted molar refractivity (Wildman–Crippen MR) is 27.8 cm³/mol. The summed E-state index contributed by atoms with van der Waals surface area (Å²) in [6, 6.07) is 0. The fraction of sp³-hybridized carbons (Fsp3) is 0.250. The van der Waals surface area contributed by atoms with E-state index in [1.54, 1.807) is 0 Å². The Hall–Kier alpha value is -1.06. The summed E-state index contributed by atoms with van der Waals surface area (Å²) in [5.74, 6) is 0. The Bertz CT molecular complexity index is 172. The Balaban J connectivity index is 2.92. The molecule has 0 amide bonds. The van der Waals surface area contributed by atoms with Gasteiger partial charge >= 0.3 is 0 Å². The van der Waals surface area contributed by atoms with Crippen molar-refractivity contribution >= 4 is 5.69 Å². The molecule has 0 radical (unpaired) electrons. The van der Waals surface area contributed by atoms with Crippen molar-refractivity contribution in [3.05, 3.63) is 11.9 Å². The highest BCUT2D eigenvalue weighted by molar-refractivity contribution is 5.39. The average molecular weight is 115 g/mol. The molecule has 0 atom stereocenters. The predicted octanol–water partition coefficient (Wildman–Crippen LogP) is 0.461. The maximum atomic E-state index is 11.7. The number of hydrogen-bond acceptors (Lipinski definition) is 2. The number of nitrogens with zero attached hydrogens (tertiary/aromatic N) is 1. The first-order chi connectivity index (χ1) is 3.84. The van der Waals surface area contributed by atoms with E-state index < -0.39 is 6.67 Å². The van der Waals surface area contributed by atoms with E-state index in [-0.39, 0.29) is 0 Å². The third-order valence-electron chi connectivity index (χ3n) is 0.885. The van der Waals surface area contributed by atoms with E-state index in [1.807, 2.05) is 0 Å². The molecular weight excluding hydrogens is 109 g/mol. The van der Waals surface area contributed by atoms with Crippen LogP contribution in [0.5, 0.6) is 0 Å². The lowest BCUT2D eigenvalue weighted by Crippen LogP contribution is -1.86. The SMILES string of the molecule is Nc1cn[nH]c1CF. The van der Waals surface area contributed by atoms with Gasteiger partial charge < -0.3 is 5.73 Å². The number of anilines is 1. The minimum absolute atomic E-state index is 0.352. The van der Waals surface area contributed by atoms with Crippen LogP contribution < -0.4 is 5.73 Å². The molecule has 0 saturated heterocycles. The summed E-state index contributed by atoms with van der Waals surface area (Å²) in [5, 5.41) is 5.91. The fourth-order valence-corrected chi connectivity index (χ4v) is 0.429. The Morgan fingerprint density at radius 1 is 1.88 bits per heavy atom. The van der Waals surface area contributed by atoms with Crippen molar-refractivity contribution in [3.63, 3.8) is 0 Å². The van der Waals surface area contributed by atoms with Crippen molar-refractivity contribution < 1.29 is 4.39 Å². The third-order valence-corrected chi connectivity index (χ3v) is 0.885. The van der Waals surface area contributed by atoms with Crippen LogP contribution in [0.2, 0.25) is 0 Å². The van der Waals surface area contributed by atoms with Gasteiger partial charge in [0.25, 0.3) is 0 Å². The molecular formula is C4H6FN3. The molecule has 0 aromatic carbocycles. The molecule has 1 heterocycles. The molecule has 8 heavy (non-hydrogen) atoms. The van der Waals surface area contributed by atoms with Gasteiger partial charge in [-0.25, -0.2) is 4.39 Å². The highest BCUT2D eigenvalue weighted by Gasteiger charge is 1.96. The first kappa shape index (κ1) is 5.08. The Morgan fingerprint density at radius 3 is 2.88 bits per heavy atom. The molecule has 0 aliphatic carbocycles. The largest absolute Gasteiger partial charge is 0.396 e. The van der Waals surface area contributed by atoms with Crippen LogP contribution in [0.15, 0.2) is 6.20 Å². The number of halogens is 1. The topological polar surface area (TPSA) is 54.7 Å². The van der Waals surface area contributed by atoms with E-state index in [9.17, 15) is 4.39 Å². The van der Waals surface area contributed by atoms with Crippen molar-refractivity contribution in [2.45, 2.75) is 6.67 Å². The van der Waals surface area contributed by atoms with Crippen LogP contribution in [0, 0.1) is 0 Å². The summed E-state index contributed by atoms with van der Waals surface area (Å²) in [7, 11) is 0. The lowest BCUT2D eigenvalue weighted by atomic mass is 10.4. The zero-order valence-corrected chi connectivity index (χ0v) is 4.19. The highest BCUT2D eigenvalue weighted by atomic mass is 19.1. The monoisotopic (exact) mass is 115 g/mol. The average Bonchev–Trinajstić information content (AvgIpc) is 2.14. The number of hydrogen-bond donors (Lipinski definition) is 2. The zero-order chi connectivity index (χ0) is 5.98. The molecule has 0 saturated carbocycles. The van der Waals surface area contributed by atoms with Crippen LogP contribution in [-0.4, -0.2) is 10.2 Å². The minimum Gasteiger partial charge on any atom is -0.396 e. The standard InChI is InChI=1S/C4H6FN3/c5-1-4-3(6)2-7-8-4/h2H,1,6H2,(H,7,8). The van der Waals surface area contributed by atoms with Crippen molar-refractivity contribution in [2.24, 2.45) is 0 Å². The van der Waals surface area contributed by atoms with E-state index in [0.29, 0.717) is 11.4 Å².